The molecule has 0 aliphatic heterocycles. The summed E-state index contributed by atoms with van der Waals surface area (Å²) in [6.45, 7) is 4.56. The van der Waals surface area contributed by atoms with Gasteiger partial charge in [0, 0.05) is 12.2 Å². The lowest BCUT2D eigenvalue weighted by molar-refractivity contribution is -0.122. The first-order valence-corrected chi connectivity index (χ1v) is 5.64. The average molecular weight is 225 g/mol. The van der Waals surface area contributed by atoms with Crippen LogP contribution in [-0.2, 0) is 24.2 Å². The minimum atomic E-state index is -0.116. The number of aliphatic hydroxyl groups excluding tert-OH is 1. The van der Waals surface area contributed by atoms with E-state index in [0.29, 0.717) is 6.54 Å². The van der Waals surface area contributed by atoms with Crippen LogP contribution in [0.15, 0.2) is 6.07 Å². The van der Waals surface area contributed by atoms with Gasteiger partial charge in [0.15, 0.2) is 0 Å². The Morgan fingerprint density at radius 2 is 2.25 bits per heavy atom. The molecule has 0 radical (unpaired) electrons. The van der Waals surface area contributed by atoms with Crippen LogP contribution in [0.5, 0.6) is 0 Å². The number of rotatable bonds is 6. The number of nitrogens with zero attached hydrogens (tertiary/aromatic N) is 2. The molecule has 90 valence electrons. The Morgan fingerprint density at radius 3 is 2.81 bits per heavy atom. The van der Waals surface area contributed by atoms with E-state index in [4.69, 9.17) is 5.11 Å². The smallest absolute Gasteiger partial charge is 0.241 e. The first-order chi connectivity index (χ1) is 7.71. The molecule has 0 aliphatic rings. The second kappa shape index (κ2) is 6.27. The minimum absolute atomic E-state index is 0.0360. The molecule has 0 saturated heterocycles. The predicted molar refractivity (Wildman–Crippen MR) is 61.1 cm³/mol. The molecule has 0 aromatic carbocycles. The summed E-state index contributed by atoms with van der Waals surface area (Å²) in [5.41, 5.74) is 2.07. The number of carbonyl (C=O) groups is 1. The molecule has 0 spiro atoms. The van der Waals surface area contributed by atoms with E-state index in [1.165, 1.54) is 0 Å². The summed E-state index contributed by atoms with van der Waals surface area (Å²) < 4.78 is 1.73. The summed E-state index contributed by atoms with van der Waals surface area (Å²) in [6, 6.07) is 2.03. The molecule has 5 heteroatoms. The standard InChI is InChI=1S/C11H19N3O2/c1-3-9-7-10(4-2)14(13-9)8-11(16)12-5-6-15/h7,15H,3-6,8H2,1-2H3,(H,12,16). The first-order valence-electron chi connectivity index (χ1n) is 5.64. The van der Waals surface area contributed by atoms with Crippen molar-refractivity contribution >= 4 is 5.91 Å². The SMILES string of the molecule is CCc1cc(CC)n(CC(=O)NCCO)n1. The average Bonchev–Trinajstić information content (AvgIpc) is 2.68. The van der Waals surface area contributed by atoms with E-state index in [-0.39, 0.29) is 19.1 Å². The molecule has 0 atom stereocenters. The van der Waals surface area contributed by atoms with Crippen LogP contribution in [0.3, 0.4) is 0 Å². The third-order valence-electron chi connectivity index (χ3n) is 2.37. The van der Waals surface area contributed by atoms with Gasteiger partial charge in [0.25, 0.3) is 0 Å². The molecule has 0 fully saturated rings. The van der Waals surface area contributed by atoms with Crippen LogP contribution < -0.4 is 5.32 Å². The molecule has 1 aromatic heterocycles. The Balaban J connectivity index is 2.64. The van der Waals surface area contributed by atoms with Crippen LogP contribution in [0.1, 0.15) is 25.2 Å². The molecule has 1 amide bonds. The number of nitrogens with one attached hydrogen (secondary N) is 1. The highest BCUT2D eigenvalue weighted by Crippen LogP contribution is 2.05. The maximum absolute atomic E-state index is 11.5. The Morgan fingerprint density at radius 1 is 1.50 bits per heavy atom. The van der Waals surface area contributed by atoms with E-state index < -0.39 is 0 Å². The molecule has 2 N–H and O–H groups in total. The van der Waals surface area contributed by atoms with Gasteiger partial charge < -0.3 is 10.4 Å². The topological polar surface area (TPSA) is 67.2 Å². The lowest BCUT2D eigenvalue weighted by Gasteiger charge is -2.06. The van der Waals surface area contributed by atoms with Crippen molar-refractivity contribution in [2.45, 2.75) is 33.2 Å². The summed E-state index contributed by atoms with van der Waals surface area (Å²) in [4.78, 5) is 11.5. The highest BCUT2D eigenvalue weighted by Gasteiger charge is 2.08. The molecule has 0 unspecified atom stereocenters. The zero-order valence-electron chi connectivity index (χ0n) is 9.86. The van der Waals surface area contributed by atoms with Crippen LogP contribution in [0, 0.1) is 0 Å². The number of carbonyl (C=O) groups excluding carboxylic acids is 1. The highest BCUT2D eigenvalue weighted by molar-refractivity contribution is 5.75. The molecule has 1 heterocycles. The van der Waals surface area contributed by atoms with Crippen molar-refractivity contribution in [3.8, 4) is 0 Å². The van der Waals surface area contributed by atoms with Crippen LogP contribution >= 0.6 is 0 Å². The van der Waals surface area contributed by atoms with E-state index in [0.717, 1.165) is 24.2 Å². The van der Waals surface area contributed by atoms with E-state index in [1.54, 1.807) is 4.68 Å². The number of amides is 1. The predicted octanol–water partition coefficient (Wildman–Crippen LogP) is 0.116. The van der Waals surface area contributed by atoms with Crippen molar-refractivity contribution < 1.29 is 9.90 Å². The van der Waals surface area contributed by atoms with Gasteiger partial charge in [-0.25, -0.2) is 0 Å². The second-order valence-corrected chi connectivity index (χ2v) is 3.57. The van der Waals surface area contributed by atoms with Gasteiger partial charge >= 0.3 is 0 Å². The molecule has 0 bridgehead atoms. The zero-order valence-corrected chi connectivity index (χ0v) is 9.86. The minimum Gasteiger partial charge on any atom is -0.395 e. The normalized spacial score (nSPS) is 10.4. The van der Waals surface area contributed by atoms with Crippen LogP contribution in [0.4, 0.5) is 0 Å². The van der Waals surface area contributed by atoms with Gasteiger partial charge in [0.1, 0.15) is 6.54 Å². The Bertz CT molecular complexity index is 347. The molecule has 16 heavy (non-hydrogen) atoms. The fourth-order valence-electron chi connectivity index (χ4n) is 1.50. The van der Waals surface area contributed by atoms with Gasteiger partial charge in [-0.2, -0.15) is 5.10 Å². The molecule has 0 saturated carbocycles. The third-order valence-corrected chi connectivity index (χ3v) is 2.37. The van der Waals surface area contributed by atoms with Crippen molar-refractivity contribution in [2.75, 3.05) is 13.2 Å². The van der Waals surface area contributed by atoms with Crippen LogP contribution in [-0.4, -0.2) is 33.9 Å². The number of aromatic nitrogens is 2. The third kappa shape index (κ3) is 3.34. The largest absolute Gasteiger partial charge is 0.395 e. The summed E-state index contributed by atoms with van der Waals surface area (Å²) >= 11 is 0. The maximum atomic E-state index is 11.5. The van der Waals surface area contributed by atoms with Crippen molar-refractivity contribution in [3.63, 3.8) is 0 Å². The number of hydrogen-bond acceptors (Lipinski definition) is 3. The molecular formula is C11H19N3O2. The van der Waals surface area contributed by atoms with Crippen LogP contribution in [0.2, 0.25) is 0 Å². The molecule has 1 rings (SSSR count). The fourth-order valence-corrected chi connectivity index (χ4v) is 1.50. The van der Waals surface area contributed by atoms with Crippen molar-refractivity contribution in [3.05, 3.63) is 17.5 Å². The lowest BCUT2D eigenvalue weighted by atomic mass is 10.2. The fraction of sp³-hybridized carbons (Fsp3) is 0.636. The van der Waals surface area contributed by atoms with Crippen molar-refractivity contribution in [2.24, 2.45) is 0 Å². The zero-order chi connectivity index (χ0) is 12.0. The lowest BCUT2D eigenvalue weighted by Crippen LogP contribution is -2.30. The quantitative estimate of drug-likeness (QED) is 0.722. The number of aliphatic hydroxyl groups is 1. The molecule has 0 aliphatic carbocycles. The van der Waals surface area contributed by atoms with Gasteiger partial charge in [-0.1, -0.05) is 13.8 Å². The summed E-state index contributed by atoms with van der Waals surface area (Å²) in [5, 5.41) is 15.5. The monoisotopic (exact) mass is 225 g/mol. The first kappa shape index (κ1) is 12.7. The van der Waals surface area contributed by atoms with E-state index in [2.05, 4.69) is 10.4 Å². The Labute approximate surface area is 95.5 Å². The molecular weight excluding hydrogens is 206 g/mol. The van der Waals surface area contributed by atoms with E-state index in [1.807, 2.05) is 19.9 Å². The van der Waals surface area contributed by atoms with Crippen LogP contribution in [0.25, 0.3) is 0 Å². The van der Waals surface area contributed by atoms with Gasteiger partial charge in [0.2, 0.25) is 5.91 Å². The summed E-state index contributed by atoms with van der Waals surface area (Å²) in [6.07, 6.45) is 1.73. The molecule has 1 aromatic rings. The highest BCUT2D eigenvalue weighted by atomic mass is 16.3. The maximum Gasteiger partial charge on any atom is 0.241 e. The van der Waals surface area contributed by atoms with E-state index >= 15 is 0 Å². The Kier molecular flexibility index (Phi) is 4.98. The van der Waals surface area contributed by atoms with Crippen molar-refractivity contribution in [1.29, 1.82) is 0 Å². The van der Waals surface area contributed by atoms with Gasteiger partial charge in [0.05, 0.1) is 12.3 Å². The van der Waals surface area contributed by atoms with Gasteiger partial charge in [-0.05, 0) is 18.9 Å². The number of hydrogen-bond donors (Lipinski definition) is 2. The second-order valence-electron chi connectivity index (χ2n) is 3.57. The van der Waals surface area contributed by atoms with E-state index in [9.17, 15) is 4.79 Å². The van der Waals surface area contributed by atoms with Gasteiger partial charge in [-0.15, -0.1) is 0 Å². The summed E-state index contributed by atoms with van der Waals surface area (Å²) in [5.74, 6) is -0.116. The molecule has 5 nitrogen and oxygen atoms in total. The Hall–Kier alpha value is -1.36. The van der Waals surface area contributed by atoms with Crippen molar-refractivity contribution in [1.82, 2.24) is 15.1 Å². The van der Waals surface area contributed by atoms with Gasteiger partial charge in [-0.3, -0.25) is 9.48 Å². The number of aryl methyl sites for hydroxylation is 2. The summed E-state index contributed by atoms with van der Waals surface area (Å²) in [7, 11) is 0.